The molecule has 0 aromatic heterocycles. The second kappa shape index (κ2) is 50.9. The maximum Gasteiger partial charge on any atom is 0.306 e. The molecule has 1 unspecified atom stereocenters. The van der Waals surface area contributed by atoms with Gasteiger partial charge >= 0.3 is 17.9 Å². The van der Waals surface area contributed by atoms with Crippen LogP contribution >= 0.6 is 0 Å². The number of carbonyl (C=O) groups excluding carboxylic acids is 3. The number of allylic oxidation sites excluding steroid dienone is 32. The summed E-state index contributed by atoms with van der Waals surface area (Å²) in [6.45, 7) is 6.05. The smallest absolute Gasteiger partial charge is 0.306 e. The van der Waals surface area contributed by atoms with Crippen molar-refractivity contribution in [2.75, 3.05) is 13.2 Å². The predicted molar refractivity (Wildman–Crippen MR) is 278 cm³/mol. The van der Waals surface area contributed by atoms with E-state index in [0.29, 0.717) is 19.3 Å². The zero-order valence-electron chi connectivity index (χ0n) is 40.1. The zero-order chi connectivity index (χ0) is 47.2. The molecule has 0 amide bonds. The molecule has 354 valence electrons. The first-order valence-electron chi connectivity index (χ1n) is 24.1. The molecule has 6 nitrogen and oxygen atoms in total. The summed E-state index contributed by atoms with van der Waals surface area (Å²) >= 11 is 0. The van der Waals surface area contributed by atoms with E-state index in [1.54, 1.807) is 0 Å². The van der Waals surface area contributed by atoms with Crippen molar-refractivity contribution in [3.05, 3.63) is 194 Å². The molecule has 6 heteroatoms. The first kappa shape index (κ1) is 59.2. The lowest BCUT2D eigenvalue weighted by atomic mass is 10.1. The molecular formula is C59H82O6. The van der Waals surface area contributed by atoms with E-state index in [1.165, 1.54) is 0 Å². The normalized spacial score (nSPS) is 13.8. The Kier molecular flexibility index (Phi) is 46.4. The number of carbonyl (C=O) groups is 3. The van der Waals surface area contributed by atoms with E-state index < -0.39 is 6.10 Å². The van der Waals surface area contributed by atoms with Gasteiger partial charge in [0.25, 0.3) is 0 Å². The van der Waals surface area contributed by atoms with E-state index in [2.05, 4.69) is 69.4 Å². The fraction of sp³-hybridized carbons (Fsp3) is 0.407. The van der Waals surface area contributed by atoms with Gasteiger partial charge in [-0.05, 0) is 83.5 Å². The molecule has 0 heterocycles. The number of esters is 3. The molecule has 0 saturated carbocycles. The van der Waals surface area contributed by atoms with Gasteiger partial charge < -0.3 is 14.2 Å². The van der Waals surface area contributed by atoms with E-state index in [1.807, 2.05) is 146 Å². The second-order valence-corrected chi connectivity index (χ2v) is 14.9. The van der Waals surface area contributed by atoms with Gasteiger partial charge in [0.05, 0.1) is 0 Å². The summed E-state index contributed by atoms with van der Waals surface area (Å²) in [7, 11) is 0. The lowest BCUT2D eigenvalue weighted by Crippen LogP contribution is -2.30. The molecular weight excluding hydrogens is 805 g/mol. The minimum atomic E-state index is -0.846. The Morgan fingerprint density at radius 2 is 0.631 bits per heavy atom. The van der Waals surface area contributed by atoms with Crippen molar-refractivity contribution in [3.8, 4) is 0 Å². The number of hydrogen-bond donors (Lipinski definition) is 0. The first-order valence-corrected chi connectivity index (χ1v) is 24.1. The highest BCUT2D eigenvalue weighted by molar-refractivity contribution is 5.71. The molecule has 0 N–H and O–H groups in total. The van der Waals surface area contributed by atoms with Crippen LogP contribution in [0.25, 0.3) is 0 Å². The minimum absolute atomic E-state index is 0.142. The topological polar surface area (TPSA) is 78.9 Å². The minimum Gasteiger partial charge on any atom is -0.462 e. The van der Waals surface area contributed by atoms with Crippen LogP contribution in [0.5, 0.6) is 0 Å². The van der Waals surface area contributed by atoms with Crippen LogP contribution in [0, 0.1) is 0 Å². The average molecular weight is 887 g/mol. The Balaban J connectivity index is 4.64. The summed E-state index contributed by atoms with van der Waals surface area (Å²) in [5.41, 5.74) is 0. The van der Waals surface area contributed by atoms with Crippen molar-refractivity contribution < 1.29 is 28.6 Å². The summed E-state index contributed by atoms with van der Waals surface area (Å²) in [5, 5.41) is 0. The molecule has 0 aromatic rings. The zero-order valence-corrected chi connectivity index (χ0v) is 40.1. The molecule has 0 spiro atoms. The summed E-state index contributed by atoms with van der Waals surface area (Å²) in [4.78, 5) is 37.8. The summed E-state index contributed by atoms with van der Waals surface area (Å²) < 4.78 is 16.6. The fourth-order valence-electron chi connectivity index (χ4n) is 5.44. The fourth-order valence-corrected chi connectivity index (χ4v) is 5.44. The van der Waals surface area contributed by atoms with Gasteiger partial charge in [-0.1, -0.05) is 228 Å². The lowest BCUT2D eigenvalue weighted by Gasteiger charge is -2.18. The van der Waals surface area contributed by atoms with E-state index in [9.17, 15) is 14.4 Å². The van der Waals surface area contributed by atoms with Gasteiger partial charge in [-0.25, -0.2) is 0 Å². The Hall–Kier alpha value is -5.75. The predicted octanol–water partition coefficient (Wildman–Crippen LogP) is 16.0. The molecule has 0 aliphatic rings. The van der Waals surface area contributed by atoms with Crippen LogP contribution in [0.4, 0.5) is 0 Å². The van der Waals surface area contributed by atoms with Crippen LogP contribution < -0.4 is 0 Å². The van der Waals surface area contributed by atoms with Gasteiger partial charge in [0, 0.05) is 19.3 Å². The summed E-state index contributed by atoms with van der Waals surface area (Å²) in [5.74, 6) is -1.09. The maximum absolute atomic E-state index is 12.8. The van der Waals surface area contributed by atoms with Gasteiger partial charge in [-0.2, -0.15) is 0 Å². The Morgan fingerprint density at radius 3 is 1.03 bits per heavy atom. The number of unbranched alkanes of at least 4 members (excludes halogenated alkanes) is 8. The molecule has 0 bridgehead atoms. The van der Waals surface area contributed by atoms with Crippen LogP contribution in [0.2, 0.25) is 0 Å². The summed E-state index contributed by atoms with van der Waals surface area (Å²) in [6, 6.07) is 0. The van der Waals surface area contributed by atoms with E-state index >= 15 is 0 Å². The third-order valence-corrected chi connectivity index (χ3v) is 8.96. The first-order chi connectivity index (χ1) is 32.0. The van der Waals surface area contributed by atoms with Gasteiger partial charge in [0.15, 0.2) is 6.10 Å². The highest BCUT2D eigenvalue weighted by Gasteiger charge is 2.19. The lowest BCUT2D eigenvalue weighted by molar-refractivity contribution is -0.167. The average Bonchev–Trinajstić information content (AvgIpc) is 3.30. The summed E-state index contributed by atoms with van der Waals surface area (Å²) in [6.07, 6.45) is 78.4. The number of rotatable bonds is 39. The number of hydrogen-bond acceptors (Lipinski definition) is 6. The highest BCUT2D eigenvalue weighted by atomic mass is 16.6. The molecule has 0 rings (SSSR count). The van der Waals surface area contributed by atoms with Crippen molar-refractivity contribution in [1.29, 1.82) is 0 Å². The second-order valence-electron chi connectivity index (χ2n) is 14.9. The molecule has 0 radical (unpaired) electrons. The van der Waals surface area contributed by atoms with Gasteiger partial charge in [0.1, 0.15) is 13.2 Å². The van der Waals surface area contributed by atoms with E-state index in [4.69, 9.17) is 14.2 Å². The van der Waals surface area contributed by atoms with Crippen LogP contribution in [0.1, 0.15) is 136 Å². The van der Waals surface area contributed by atoms with Gasteiger partial charge in [-0.15, -0.1) is 0 Å². The standard InChI is InChI=1S/C59H82O6/c1-4-7-10-13-16-19-21-23-25-27-29-31-33-35-37-40-43-46-49-52-58(61)64-55-56(54-63-57(60)51-48-45-42-39-18-15-12-9-6-3)65-59(62)53-50-47-44-41-38-36-34-32-30-28-26-24-22-20-17-14-11-8-5-2/h7-14,16-39,56H,4-6,15,40-55H2,1-3H3/b10-7-,11-8-,12-9-,16-13-,17-14-,21-19-,22-20-,25-23-,26-24-,29-27+,30-28+,33-31-,34-32-,37-35-,38-36-,39-18-. The van der Waals surface area contributed by atoms with Gasteiger partial charge in [0.2, 0.25) is 0 Å². The third kappa shape index (κ3) is 49.1. The molecule has 65 heavy (non-hydrogen) atoms. The highest BCUT2D eigenvalue weighted by Crippen LogP contribution is 2.10. The van der Waals surface area contributed by atoms with Crippen molar-refractivity contribution in [3.63, 3.8) is 0 Å². The molecule has 0 aliphatic heterocycles. The molecule has 1 atom stereocenters. The van der Waals surface area contributed by atoms with Crippen LogP contribution in [-0.4, -0.2) is 37.2 Å². The van der Waals surface area contributed by atoms with E-state index in [-0.39, 0.29) is 50.4 Å². The molecule has 0 fully saturated rings. The molecule has 0 aromatic carbocycles. The molecule has 0 saturated heterocycles. The van der Waals surface area contributed by atoms with Crippen LogP contribution in [0.3, 0.4) is 0 Å². The van der Waals surface area contributed by atoms with Crippen LogP contribution in [-0.2, 0) is 28.6 Å². The third-order valence-electron chi connectivity index (χ3n) is 8.96. The monoisotopic (exact) mass is 887 g/mol. The Morgan fingerprint density at radius 1 is 0.323 bits per heavy atom. The van der Waals surface area contributed by atoms with Crippen LogP contribution in [0.15, 0.2) is 194 Å². The Bertz CT molecular complexity index is 1680. The Labute approximate surface area is 395 Å². The maximum atomic E-state index is 12.8. The number of ether oxygens (including phenoxy) is 3. The van der Waals surface area contributed by atoms with E-state index in [0.717, 1.165) is 77.0 Å². The SMILES string of the molecule is CC\C=C/C=C\C=C/C=C\C=C\C=C/C=C\CCCCCC(=O)OCC(COC(=O)CCCC/C=C\C/C=C\CC)OC(=O)CCCCC\C=C/C=C\C=C\C=C/C=C\C=C/C=C\CC. The van der Waals surface area contributed by atoms with Crippen molar-refractivity contribution in [1.82, 2.24) is 0 Å². The largest absolute Gasteiger partial charge is 0.462 e. The van der Waals surface area contributed by atoms with Crippen molar-refractivity contribution in [2.24, 2.45) is 0 Å². The molecule has 0 aliphatic carbocycles. The van der Waals surface area contributed by atoms with Crippen molar-refractivity contribution >= 4 is 17.9 Å². The quantitative estimate of drug-likeness (QED) is 0.0201. The van der Waals surface area contributed by atoms with Crippen molar-refractivity contribution in [2.45, 2.75) is 142 Å². The van der Waals surface area contributed by atoms with Gasteiger partial charge in [-0.3, -0.25) is 14.4 Å².